The van der Waals surface area contributed by atoms with E-state index >= 15 is 0 Å². The van der Waals surface area contributed by atoms with Crippen LogP contribution in [0.25, 0.3) is 72.0 Å². The molecule has 0 aliphatic heterocycles. The summed E-state index contributed by atoms with van der Waals surface area (Å²) in [4.78, 5) is 2.49. The molecule has 2 aliphatic rings. The molecular formula is C60H46N2. The first-order chi connectivity index (χ1) is 30.3. The van der Waals surface area contributed by atoms with Crippen LogP contribution in [0.3, 0.4) is 0 Å². The zero-order chi connectivity index (χ0) is 41.7. The first-order valence-corrected chi connectivity index (χ1v) is 21.9. The van der Waals surface area contributed by atoms with Crippen molar-refractivity contribution in [2.24, 2.45) is 0 Å². The molecule has 9 aromatic carbocycles. The highest BCUT2D eigenvalue weighted by Gasteiger charge is 2.38. The third kappa shape index (κ3) is 5.29. The monoisotopic (exact) mass is 794 g/mol. The van der Waals surface area contributed by atoms with Crippen LogP contribution < -0.4 is 4.90 Å². The summed E-state index contributed by atoms with van der Waals surface area (Å²) in [6.45, 7) is 9.44. The Bertz CT molecular complexity index is 3400. The van der Waals surface area contributed by atoms with Crippen LogP contribution in [-0.2, 0) is 10.8 Å². The molecule has 0 atom stereocenters. The maximum absolute atomic E-state index is 2.49. The molecule has 10 aromatic rings. The Morgan fingerprint density at radius 1 is 0.371 bits per heavy atom. The van der Waals surface area contributed by atoms with Crippen molar-refractivity contribution in [3.63, 3.8) is 0 Å². The minimum absolute atomic E-state index is 0.0533. The lowest BCUT2D eigenvalue weighted by atomic mass is 9.81. The van der Waals surface area contributed by atoms with Crippen molar-refractivity contribution in [2.45, 2.75) is 38.5 Å². The van der Waals surface area contributed by atoms with Gasteiger partial charge in [-0.15, -0.1) is 0 Å². The van der Waals surface area contributed by atoms with Gasteiger partial charge in [0.25, 0.3) is 0 Å². The summed E-state index contributed by atoms with van der Waals surface area (Å²) in [6.07, 6.45) is 0. The van der Waals surface area contributed by atoms with Crippen molar-refractivity contribution in [3.8, 4) is 50.2 Å². The molecule has 0 saturated carbocycles. The van der Waals surface area contributed by atoms with Crippen molar-refractivity contribution in [1.29, 1.82) is 0 Å². The van der Waals surface area contributed by atoms with E-state index in [4.69, 9.17) is 0 Å². The van der Waals surface area contributed by atoms with E-state index in [1.165, 1.54) is 94.3 Å². The molecule has 1 heterocycles. The van der Waals surface area contributed by atoms with Gasteiger partial charge >= 0.3 is 0 Å². The highest BCUT2D eigenvalue weighted by molar-refractivity contribution is 6.16. The van der Waals surface area contributed by atoms with Crippen LogP contribution in [0.2, 0.25) is 0 Å². The lowest BCUT2D eigenvalue weighted by molar-refractivity contribution is 0.660. The fourth-order valence-corrected chi connectivity index (χ4v) is 11.0. The number of benzene rings is 9. The second-order valence-corrected chi connectivity index (χ2v) is 18.1. The van der Waals surface area contributed by atoms with E-state index in [9.17, 15) is 0 Å². The number of fused-ring (bicyclic) bond motifs is 9. The van der Waals surface area contributed by atoms with Crippen LogP contribution in [-0.4, -0.2) is 4.57 Å². The molecule has 0 amide bonds. The van der Waals surface area contributed by atoms with E-state index in [-0.39, 0.29) is 10.8 Å². The van der Waals surface area contributed by atoms with Crippen LogP contribution in [0.1, 0.15) is 49.9 Å². The molecule has 0 unspecified atom stereocenters. The summed E-state index contributed by atoms with van der Waals surface area (Å²) >= 11 is 0. The Labute approximate surface area is 364 Å². The van der Waals surface area contributed by atoms with E-state index in [1.54, 1.807) is 0 Å². The standard InChI is InChI=1S/C60H46N2/c1-59(2)51-26-12-9-22-48(51)58-52(59)27-16-30-56(58)61(43-34-31-39(32-35-43)40-33-36-47-46-21-8-11-25-50(46)60(3,4)53(47)38-40)44-20-14-17-41(37-44)45-24-15-29-55-57(45)49-23-10-13-28-54(49)62(55)42-18-6-5-7-19-42/h5-38H,1-4H3. The average molecular weight is 795 g/mol. The fraction of sp³-hybridized carbons (Fsp3) is 0.100. The largest absolute Gasteiger partial charge is 0.310 e. The number of hydrogen-bond donors (Lipinski definition) is 0. The summed E-state index contributed by atoms with van der Waals surface area (Å²) in [6, 6.07) is 76.5. The van der Waals surface area contributed by atoms with Gasteiger partial charge in [0.1, 0.15) is 0 Å². The van der Waals surface area contributed by atoms with Gasteiger partial charge in [0.05, 0.1) is 16.7 Å². The molecule has 0 radical (unpaired) electrons. The highest BCUT2D eigenvalue weighted by atomic mass is 15.1. The summed E-state index contributed by atoms with van der Waals surface area (Å²) in [5.74, 6) is 0. The van der Waals surface area contributed by atoms with Gasteiger partial charge in [-0.25, -0.2) is 0 Å². The van der Waals surface area contributed by atoms with Crippen molar-refractivity contribution in [3.05, 3.63) is 229 Å². The topological polar surface area (TPSA) is 8.17 Å². The number of hydrogen-bond acceptors (Lipinski definition) is 1. The lowest BCUT2D eigenvalue weighted by Gasteiger charge is -2.29. The minimum atomic E-state index is -0.122. The van der Waals surface area contributed by atoms with Gasteiger partial charge in [0.2, 0.25) is 0 Å². The zero-order valence-electron chi connectivity index (χ0n) is 35.5. The van der Waals surface area contributed by atoms with Gasteiger partial charge in [-0.05, 0) is 122 Å². The highest BCUT2D eigenvalue weighted by Crippen LogP contribution is 2.55. The Morgan fingerprint density at radius 3 is 1.79 bits per heavy atom. The summed E-state index contributed by atoms with van der Waals surface area (Å²) in [5, 5.41) is 2.51. The molecule has 2 aliphatic carbocycles. The lowest BCUT2D eigenvalue weighted by Crippen LogP contribution is -2.16. The number of rotatable bonds is 6. The Hall–Kier alpha value is -7.42. The first-order valence-electron chi connectivity index (χ1n) is 21.9. The maximum Gasteiger partial charge on any atom is 0.0547 e. The molecule has 2 nitrogen and oxygen atoms in total. The van der Waals surface area contributed by atoms with E-state index in [2.05, 4.69) is 243 Å². The molecule has 0 bridgehead atoms. The second kappa shape index (κ2) is 13.5. The number of aromatic nitrogens is 1. The Morgan fingerprint density at radius 2 is 0.968 bits per heavy atom. The van der Waals surface area contributed by atoms with Gasteiger partial charge in [-0.1, -0.05) is 173 Å². The third-order valence-electron chi connectivity index (χ3n) is 14.0. The van der Waals surface area contributed by atoms with Crippen molar-refractivity contribution in [1.82, 2.24) is 4.57 Å². The number of para-hydroxylation sites is 2. The zero-order valence-corrected chi connectivity index (χ0v) is 35.5. The van der Waals surface area contributed by atoms with Crippen molar-refractivity contribution >= 4 is 38.9 Å². The first kappa shape index (κ1) is 36.4. The van der Waals surface area contributed by atoms with Gasteiger partial charge in [-0.2, -0.15) is 0 Å². The van der Waals surface area contributed by atoms with Crippen LogP contribution in [0.5, 0.6) is 0 Å². The molecule has 0 fully saturated rings. The third-order valence-corrected chi connectivity index (χ3v) is 14.0. The van der Waals surface area contributed by atoms with Crippen LogP contribution >= 0.6 is 0 Å². The van der Waals surface area contributed by atoms with Gasteiger partial charge in [0, 0.05) is 44.2 Å². The summed E-state index contributed by atoms with van der Waals surface area (Å²) in [7, 11) is 0. The summed E-state index contributed by atoms with van der Waals surface area (Å²) in [5.41, 5.74) is 22.5. The molecule has 12 rings (SSSR count). The minimum Gasteiger partial charge on any atom is -0.310 e. The van der Waals surface area contributed by atoms with E-state index < -0.39 is 0 Å². The predicted octanol–water partition coefficient (Wildman–Crippen LogP) is 16.2. The average Bonchev–Trinajstić information content (AvgIpc) is 3.87. The SMILES string of the molecule is CC1(C)c2ccccc2-c2ccc(-c3ccc(N(c4cccc(-c5cccc6c5c5ccccc5n6-c5ccccc5)c4)c4cccc5c4-c4ccccc4C5(C)C)cc3)cc21. The van der Waals surface area contributed by atoms with Crippen molar-refractivity contribution in [2.75, 3.05) is 4.90 Å². The second-order valence-electron chi connectivity index (χ2n) is 18.1. The molecule has 0 spiro atoms. The van der Waals surface area contributed by atoms with Gasteiger partial charge in [0.15, 0.2) is 0 Å². The maximum atomic E-state index is 2.49. The molecule has 296 valence electrons. The smallest absolute Gasteiger partial charge is 0.0547 e. The molecular weight excluding hydrogens is 749 g/mol. The van der Waals surface area contributed by atoms with E-state index in [0.717, 1.165) is 17.1 Å². The van der Waals surface area contributed by atoms with Crippen molar-refractivity contribution < 1.29 is 0 Å². The molecule has 1 aromatic heterocycles. The molecule has 2 heteroatoms. The van der Waals surface area contributed by atoms with Gasteiger partial charge in [-0.3, -0.25) is 0 Å². The van der Waals surface area contributed by atoms with Crippen LogP contribution in [0.15, 0.2) is 206 Å². The Kier molecular flexibility index (Phi) is 7.96. The van der Waals surface area contributed by atoms with Crippen LogP contribution in [0, 0.1) is 0 Å². The molecule has 62 heavy (non-hydrogen) atoms. The number of nitrogens with zero attached hydrogens (tertiary/aromatic N) is 2. The quantitative estimate of drug-likeness (QED) is 0.163. The predicted molar refractivity (Wildman–Crippen MR) is 261 cm³/mol. The van der Waals surface area contributed by atoms with E-state index in [1.807, 2.05) is 0 Å². The van der Waals surface area contributed by atoms with E-state index in [0.29, 0.717) is 0 Å². The van der Waals surface area contributed by atoms with Gasteiger partial charge < -0.3 is 9.47 Å². The normalized spacial score (nSPS) is 14.1. The van der Waals surface area contributed by atoms with Crippen LogP contribution in [0.4, 0.5) is 17.1 Å². The molecule has 0 saturated heterocycles. The number of anilines is 3. The fourth-order valence-electron chi connectivity index (χ4n) is 11.0. The molecule has 0 N–H and O–H groups in total. The Balaban J connectivity index is 1.03. The summed E-state index contributed by atoms with van der Waals surface area (Å²) < 4.78 is 2.40.